The molecule has 0 aliphatic carbocycles. The Balaban J connectivity index is 3.13. The molecule has 0 saturated carbocycles. The van der Waals surface area contributed by atoms with Crippen LogP contribution in [0.25, 0.3) is 0 Å². The van der Waals surface area contributed by atoms with E-state index in [-0.39, 0.29) is 11.5 Å². The summed E-state index contributed by atoms with van der Waals surface area (Å²) in [5, 5.41) is 3.49. The molecule has 0 fully saturated rings. The molecule has 1 aromatic carbocycles. The predicted molar refractivity (Wildman–Crippen MR) is 78.2 cm³/mol. The highest BCUT2D eigenvalue weighted by Crippen LogP contribution is 2.29. The Morgan fingerprint density at radius 3 is 2.63 bits per heavy atom. The minimum absolute atomic E-state index is 0.188. The molecule has 0 aromatic heterocycles. The first-order valence-electron chi connectivity index (χ1n) is 6.82. The lowest BCUT2D eigenvalue weighted by atomic mass is 9.84. The van der Waals surface area contributed by atoms with Crippen LogP contribution in [-0.4, -0.2) is 19.6 Å². The zero-order valence-corrected chi connectivity index (χ0v) is 12.7. The SMILES string of the molecule is CCCNC(C)(CC(=O)OC)c1cc(C)ccc1C. The van der Waals surface area contributed by atoms with Gasteiger partial charge in [0.15, 0.2) is 0 Å². The van der Waals surface area contributed by atoms with Gasteiger partial charge in [0, 0.05) is 0 Å². The van der Waals surface area contributed by atoms with Gasteiger partial charge in [0.05, 0.1) is 19.1 Å². The Bertz CT molecular complexity index is 442. The Hall–Kier alpha value is -1.35. The van der Waals surface area contributed by atoms with Crippen LogP contribution in [0.2, 0.25) is 0 Å². The van der Waals surface area contributed by atoms with Crippen LogP contribution in [0.3, 0.4) is 0 Å². The van der Waals surface area contributed by atoms with E-state index in [0.29, 0.717) is 6.42 Å². The molecular weight excluding hydrogens is 238 g/mol. The summed E-state index contributed by atoms with van der Waals surface area (Å²) in [6.07, 6.45) is 1.37. The minimum atomic E-state index is -0.376. The van der Waals surface area contributed by atoms with E-state index in [9.17, 15) is 4.79 Å². The number of esters is 1. The normalized spacial score (nSPS) is 13.9. The summed E-state index contributed by atoms with van der Waals surface area (Å²) in [6.45, 7) is 9.22. The van der Waals surface area contributed by atoms with E-state index in [1.165, 1.54) is 23.8 Å². The Kier molecular flexibility index (Phi) is 5.55. The van der Waals surface area contributed by atoms with Gasteiger partial charge in [-0.15, -0.1) is 0 Å². The van der Waals surface area contributed by atoms with E-state index in [1.54, 1.807) is 0 Å². The van der Waals surface area contributed by atoms with Crippen LogP contribution < -0.4 is 5.32 Å². The lowest BCUT2D eigenvalue weighted by Crippen LogP contribution is -2.42. The van der Waals surface area contributed by atoms with E-state index >= 15 is 0 Å². The molecule has 1 aromatic rings. The minimum Gasteiger partial charge on any atom is -0.469 e. The van der Waals surface area contributed by atoms with Crippen LogP contribution in [0.15, 0.2) is 18.2 Å². The van der Waals surface area contributed by atoms with Crippen molar-refractivity contribution >= 4 is 5.97 Å². The zero-order valence-electron chi connectivity index (χ0n) is 12.7. The Morgan fingerprint density at radius 2 is 2.05 bits per heavy atom. The van der Waals surface area contributed by atoms with Gasteiger partial charge in [-0.2, -0.15) is 0 Å². The number of methoxy groups -OCH3 is 1. The van der Waals surface area contributed by atoms with Crippen LogP contribution >= 0.6 is 0 Å². The number of nitrogens with one attached hydrogen (secondary N) is 1. The number of carbonyl (C=O) groups is 1. The molecule has 106 valence electrons. The highest BCUT2D eigenvalue weighted by molar-refractivity contribution is 5.71. The first-order chi connectivity index (χ1) is 8.92. The quantitative estimate of drug-likeness (QED) is 0.802. The van der Waals surface area contributed by atoms with E-state index in [4.69, 9.17) is 4.74 Å². The van der Waals surface area contributed by atoms with Gasteiger partial charge in [0.2, 0.25) is 0 Å². The average molecular weight is 263 g/mol. The molecule has 3 nitrogen and oxygen atoms in total. The maximum atomic E-state index is 11.7. The molecule has 3 heteroatoms. The first kappa shape index (κ1) is 15.7. The van der Waals surface area contributed by atoms with Crippen molar-refractivity contribution in [3.63, 3.8) is 0 Å². The van der Waals surface area contributed by atoms with Crippen molar-refractivity contribution in [3.8, 4) is 0 Å². The van der Waals surface area contributed by atoms with E-state index in [0.717, 1.165) is 13.0 Å². The predicted octanol–water partition coefficient (Wildman–Crippen LogP) is 3.08. The monoisotopic (exact) mass is 263 g/mol. The molecule has 1 rings (SSSR count). The molecule has 0 heterocycles. The number of hydrogen-bond acceptors (Lipinski definition) is 3. The van der Waals surface area contributed by atoms with Crippen LogP contribution in [0.4, 0.5) is 0 Å². The summed E-state index contributed by atoms with van der Waals surface area (Å²) in [4.78, 5) is 11.7. The highest BCUT2D eigenvalue weighted by Gasteiger charge is 2.30. The lowest BCUT2D eigenvalue weighted by Gasteiger charge is -2.32. The van der Waals surface area contributed by atoms with Gasteiger partial charge in [0.25, 0.3) is 0 Å². The first-order valence-corrected chi connectivity index (χ1v) is 6.82. The lowest BCUT2D eigenvalue weighted by molar-refractivity contribution is -0.142. The third kappa shape index (κ3) is 4.06. The number of carbonyl (C=O) groups excluding carboxylic acids is 1. The number of hydrogen-bond donors (Lipinski definition) is 1. The van der Waals surface area contributed by atoms with Crippen LogP contribution in [0.5, 0.6) is 0 Å². The third-order valence-corrected chi connectivity index (χ3v) is 3.48. The Morgan fingerprint density at radius 1 is 1.37 bits per heavy atom. The number of rotatable bonds is 6. The van der Waals surface area contributed by atoms with E-state index < -0.39 is 0 Å². The summed E-state index contributed by atoms with van der Waals surface area (Å²) in [5.41, 5.74) is 3.20. The largest absolute Gasteiger partial charge is 0.469 e. The van der Waals surface area contributed by atoms with Gasteiger partial charge in [-0.25, -0.2) is 0 Å². The average Bonchev–Trinajstić information content (AvgIpc) is 2.39. The summed E-state index contributed by atoms with van der Waals surface area (Å²) < 4.78 is 4.84. The number of benzene rings is 1. The number of ether oxygens (including phenoxy) is 1. The summed E-state index contributed by atoms with van der Waals surface area (Å²) in [6, 6.07) is 6.35. The molecule has 0 aliphatic heterocycles. The van der Waals surface area contributed by atoms with Gasteiger partial charge in [-0.1, -0.05) is 30.7 Å². The standard InChI is InChI=1S/C16H25NO2/c1-6-9-17-16(4,11-15(18)19-5)14-10-12(2)7-8-13(14)3/h7-8,10,17H,6,9,11H2,1-5H3. The molecular formula is C16H25NO2. The maximum Gasteiger partial charge on any atom is 0.307 e. The van der Waals surface area contributed by atoms with Gasteiger partial charge in [0.1, 0.15) is 0 Å². The second kappa shape index (κ2) is 6.71. The molecule has 0 bridgehead atoms. The molecule has 1 unspecified atom stereocenters. The fraction of sp³-hybridized carbons (Fsp3) is 0.562. The van der Waals surface area contributed by atoms with Crippen LogP contribution in [0, 0.1) is 13.8 Å². The fourth-order valence-corrected chi connectivity index (χ4v) is 2.34. The summed E-state index contributed by atoms with van der Waals surface area (Å²) >= 11 is 0. The topological polar surface area (TPSA) is 38.3 Å². The summed E-state index contributed by atoms with van der Waals surface area (Å²) in [5.74, 6) is -0.188. The molecule has 0 amide bonds. The van der Waals surface area contributed by atoms with Crippen molar-refractivity contribution in [1.29, 1.82) is 0 Å². The Labute approximate surface area is 116 Å². The van der Waals surface area contributed by atoms with Gasteiger partial charge >= 0.3 is 5.97 Å². The molecule has 0 saturated heterocycles. The van der Waals surface area contributed by atoms with Crippen molar-refractivity contribution in [2.24, 2.45) is 0 Å². The molecule has 0 spiro atoms. The zero-order chi connectivity index (χ0) is 14.5. The smallest absolute Gasteiger partial charge is 0.307 e. The highest BCUT2D eigenvalue weighted by atomic mass is 16.5. The second-order valence-corrected chi connectivity index (χ2v) is 5.33. The van der Waals surface area contributed by atoms with Gasteiger partial charge in [-0.3, -0.25) is 4.79 Å². The molecule has 0 radical (unpaired) electrons. The van der Waals surface area contributed by atoms with Crippen molar-refractivity contribution in [2.45, 2.75) is 46.1 Å². The maximum absolute atomic E-state index is 11.7. The number of aryl methyl sites for hydroxylation is 2. The van der Waals surface area contributed by atoms with Crippen LogP contribution in [-0.2, 0) is 15.1 Å². The van der Waals surface area contributed by atoms with Crippen molar-refractivity contribution in [3.05, 3.63) is 34.9 Å². The molecule has 0 aliphatic rings. The molecule has 1 atom stereocenters. The van der Waals surface area contributed by atoms with Crippen molar-refractivity contribution in [1.82, 2.24) is 5.32 Å². The fourth-order valence-electron chi connectivity index (χ4n) is 2.34. The molecule has 1 N–H and O–H groups in total. The van der Waals surface area contributed by atoms with Gasteiger partial charge < -0.3 is 10.1 Å². The van der Waals surface area contributed by atoms with Gasteiger partial charge in [-0.05, 0) is 44.9 Å². The van der Waals surface area contributed by atoms with Crippen LogP contribution in [0.1, 0.15) is 43.4 Å². The summed E-state index contributed by atoms with van der Waals surface area (Å²) in [7, 11) is 1.44. The second-order valence-electron chi connectivity index (χ2n) is 5.33. The third-order valence-electron chi connectivity index (χ3n) is 3.48. The van der Waals surface area contributed by atoms with E-state index in [2.05, 4.69) is 51.2 Å². The van der Waals surface area contributed by atoms with Crippen molar-refractivity contribution in [2.75, 3.05) is 13.7 Å². The molecule has 19 heavy (non-hydrogen) atoms. The van der Waals surface area contributed by atoms with Crippen molar-refractivity contribution < 1.29 is 9.53 Å². The van der Waals surface area contributed by atoms with E-state index in [1.807, 2.05) is 0 Å².